The first kappa shape index (κ1) is 29.6. The maximum Gasteiger partial charge on any atom is 0.416 e. The van der Waals surface area contributed by atoms with Gasteiger partial charge in [-0.25, -0.2) is 4.98 Å². The van der Waals surface area contributed by atoms with E-state index in [0.29, 0.717) is 69.7 Å². The average Bonchev–Trinajstić information content (AvgIpc) is 3.44. The van der Waals surface area contributed by atoms with Crippen molar-refractivity contribution < 1.29 is 32.3 Å². The second-order valence-electron chi connectivity index (χ2n) is 11.9. The monoisotopic (exact) mass is 628 g/mol. The van der Waals surface area contributed by atoms with Crippen molar-refractivity contribution in [3.05, 3.63) is 101 Å². The molecule has 1 aliphatic heterocycles. The van der Waals surface area contributed by atoms with E-state index in [0.717, 1.165) is 43.5 Å². The Morgan fingerprint density at radius 1 is 1.02 bits per heavy atom. The average molecular weight is 629 g/mol. The van der Waals surface area contributed by atoms with Crippen molar-refractivity contribution in [2.75, 3.05) is 5.32 Å². The molecule has 5 aromatic rings. The van der Waals surface area contributed by atoms with Crippen LogP contribution in [0.3, 0.4) is 0 Å². The fourth-order valence-corrected chi connectivity index (χ4v) is 6.12. The van der Waals surface area contributed by atoms with E-state index in [1.54, 1.807) is 36.4 Å². The molecule has 2 amide bonds. The lowest BCUT2D eigenvalue weighted by Crippen LogP contribution is -2.22. The largest absolute Gasteiger partial charge is 0.494 e. The van der Waals surface area contributed by atoms with Gasteiger partial charge in [-0.15, -0.1) is 0 Å². The van der Waals surface area contributed by atoms with Gasteiger partial charge in [-0.1, -0.05) is 24.3 Å². The number of aryl methyl sites for hydroxylation is 3. The number of nitrogens with one attached hydrogen (secondary N) is 2. The molecule has 0 saturated heterocycles. The third-order valence-electron chi connectivity index (χ3n) is 8.71. The molecule has 0 radical (unpaired) electrons. The maximum absolute atomic E-state index is 13.2. The Morgan fingerprint density at radius 2 is 1.78 bits per heavy atom. The molecule has 236 valence electrons. The van der Waals surface area contributed by atoms with Crippen molar-refractivity contribution >= 4 is 28.4 Å². The van der Waals surface area contributed by atoms with Gasteiger partial charge < -0.3 is 24.7 Å². The molecule has 0 spiro atoms. The van der Waals surface area contributed by atoms with Gasteiger partial charge >= 0.3 is 6.18 Å². The number of furan rings is 1. The van der Waals surface area contributed by atoms with Crippen LogP contribution < -0.4 is 10.6 Å². The number of aromatic nitrogens is 2. The van der Waals surface area contributed by atoms with Gasteiger partial charge in [0.2, 0.25) is 11.8 Å². The number of rotatable bonds is 9. The van der Waals surface area contributed by atoms with Gasteiger partial charge in [-0.3, -0.25) is 9.59 Å². The highest BCUT2D eigenvalue weighted by Crippen LogP contribution is 2.46. The van der Waals surface area contributed by atoms with Gasteiger partial charge in [0, 0.05) is 29.3 Å². The molecule has 2 aliphatic rings. The Labute approximate surface area is 262 Å². The molecule has 11 heteroatoms. The first-order chi connectivity index (χ1) is 22.2. The Kier molecular flexibility index (Phi) is 7.54. The smallest absolute Gasteiger partial charge is 0.416 e. The summed E-state index contributed by atoms with van der Waals surface area (Å²) in [6.45, 7) is 0.874. The van der Waals surface area contributed by atoms with Gasteiger partial charge in [0.25, 0.3) is 5.91 Å². The number of nitrogens with zero attached hydrogens (tertiary/aromatic N) is 2. The first-order valence-electron chi connectivity index (χ1n) is 15.3. The summed E-state index contributed by atoms with van der Waals surface area (Å²) in [5, 5.41) is 17.9. The number of amides is 2. The van der Waals surface area contributed by atoms with Crippen LogP contribution in [0.4, 0.5) is 18.9 Å². The second-order valence-corrected chi connectivity index (χ2v) is 11.9. The quantitative estimate of drug-likeness (QED) is 0.162. The minimum Gasteiger partial charge on any atom is -0.494 e. The van der Waals surface area contributed by atoms with Crippen LogP contribution in [0.5, 0.6) is 5.88 Å². The molecule has 0 atom stereocenters. The van der Waals surface area contributed by atoms with Crippen molar-refractivity contribution in [1.82, 2.24) is 14.9 Å². The molecule has 3 aromatic heterocycles. The van der Waals surface area contributed by atoms with Gasteiger partial charge in [0.15, 0.2) is 0 Å². The fourth-order valence-electron chi connectivity index (χ4n) is 6.12. The molecule has 1 fully saturated rings. The normalized spacial score (nSPS) is 14.4. The molecular weight excluding hydrogens is 597 g/mol. The zero-order chi connectivity index (χ0) is 32.0. The van der Waals surface area contributed by atoms with Crippen molar-refractivity contribution in [3.63, 3.8) is 0 Å². The Bertz CT molecular complexity index is 1920. The van der Waals surface area contributed by atoms with Crippen molar-refractivity contribution in [2.24, 2.45) is 5.92 Å². The lowest BCUT2D eigenvalue weighted by Gasteiger charge is -2.18. The van der Waals surface area contributed by atoms with E-state index in [-0.39, 0.29) is 30.2 Å². The highest BCUT2D eigenvalue weighted by molar-refractivity contribution is 6.10. The highest BCUT2D eigenvalue weighted by atomic mass is 19.4. The van der Waals surface area contributed by atoms with Crippen LogP contribution in [-0.2, 0) is 43.3 Å². The Balaban J connectivity index is 1.29. The topological polar surface area (TPSA) is 109 Å². The van der Waals surface area contributed by atoms with Gasteiger partial charge in [0.1, 0.15) is 5.76 Å². The number of fused-ring (bicyclic) bond motifs is 3. The molecule has 8 nitrogen and oxygen atoms in total. The highest BCUT2D eigenvalue weighted by Gasteiger charge is 2.33. The summed E-state index contributed by atoms with van der Waals surface area (Å²) in [6.07, 6.45) is 0.996. The second kappa shape index (κ2) is 11.7. The van der Waals surface area contributed by atoms with E-state index >= 15 is 0 Å². The SMILES string of the molecule is O=C(NCc1ccco1)c1ccc(-c2c(NC(=O)C3CC3)c(CCc3ccc(C(F)(F)F)cc3)nc3c4n(c(O)c23)CCC4)cc1. The first-order valence-corrected chi connectivity index (χ1v) is 15.3. The Morgan fingerprint density at radius 3 is 2.46 bits per heavy atom. The van der Waals surface area contributed by atoms with E-state index in [1.165, 1.54) is 18.4 Å². The minimum absolute atomic E-state index is 0.0708. The number of alkyl halides is 3. The van der Waals surface area contributed by atoms with Crippen LogP contribution in [0.2, 0.25) is 0 Å². The van der Waals surface area contributed by atoms with Crippen LogP contribution in [0.15, 0.2) is 71.3 Å². The van der Waals surface area contributed by atoms with E-state index in [1.807, 2.05) is 4.57 Å². The predicted octanol–water partition coefficient (Wildman–Crippen LogP) is 7.03. The summed E-state index contributed by atoms with van der Waals surface area (Å²) in [7, 11) is 0. The summed E-state index contributed by atoms with van der Waals surface area (Å²) in [4.78, 5) is 31.1. The lowest BCUT2D eigenvalue weighted by atomic mass is 9.95. The molecule has 1 saturated carbocycles. The molecule has 3 N–H and O–H groups in total. The van der Waals surface area contributed by atoms with Crippen LogP contribution in [-0.4, -0.2) is 26.5 Å². The standard InChI is InChI=1S/C35H31F3N4O4/c36-35(37,38)24-14-5-20(6-15-24)7-16-26-30(41-33(44)23-12-13-23)28(29-31(40-26)27-4-1-17-42(27)34(29)45)21-8-10-22(11-9-21)32(43)39-19-25-3-2-18-46-25/h2-3,5-6,8-11,14-15,18,23,45H,1,4,7,12-13,16-17,19H2,(H,39,43)(H,41,44). The number of benzene rings is 2. The van der Waals surface area contributed by atoms with Crippen LogP contribution >= 0.6 is 0 Å². The lowest BCUT2D eigenvalue weighted by molar-refractivity contribution is -0.137. The number of hydrogen-bond donors (Lipinski definition) is 3. The fraction of sp³-hybridized carbons (Fsp3) is 0.286. The van der Waals surface area contributed by atoms with Crippen molar-refractivity contribution in [2.45, 2.75) is 57.8 Å². The maximum atomic E-state index is 13.2. The summed E-state index contributed by atoms with van der Waals surface area (Å²) >= 11 is 0. The van der Waals surface area contributed by atoms with E-state index in [4.69, 9.17) is 9.40 Å². The molecule has 4 heterocycles. The zero-order valence-corrected chi connectivity index (χ0v) is 24.8. The number of carbonyl (C=O) groups is 2. The predicted molar refractivity (Wildman–Crippen MR) is 165 cm³/mol. The molecule has 46 heavy (non-hydrogen) atoms. The van der Waals surface area contributed by atoms with Gasteiger partial charge in [-0.2, -0.15) is 13.2 Å². The number of anilines is 1. The third kappa shape index (κ3) is 5.73. The number of pyridine rings is 1. The van der Waals surface area contributed by atoms with Crippen LogP contribution in [0.25, 0.3) is 22.0 Å². The number of halogens is 3. The minimum atomic E-state index is -4.42. The number of carbonyl (C=O) groups excluding carboxylic acids is 2. The van der Waals surface area contributed by atoms with Crippen molar-refractivity contribution in [1.29, 1.82) is 0 Å². The molecule has 2 aromatic carbocycles. The van der Waals surface area contributed by atoms with Gasteiger partial charge in [-0.05, 0) is 86.1 Å². The molecule has 7 rings (SSSR count). The summed E-state index contributed by atoms with van der Waals surface area (Å²) in [5.74, 6) is 0.160. The van der Waals surface area contributed by atoms with Crippen LogP contribution in [0, 0.1) is 5.92 Å². The number of hydrogen-bond acceptors (Lipinski definition) is 5. The molecule has 0 bridgehead atoms. The summed E-state index contributed by atoms with van der Waals surface area (Å²) < 4.78 is 46.6. The summed E-state index contributed by atoms with van der Waals surface area (Å²) in [6, 6.07) is 15.5. The van der Waals surface area contributed by atoms with E-state index < -0.39 is 11.7 Å². The summed E-state index contributed by atoms with van der Waals surface area (Å²) in [5.41, 5.74) is 4.27. The zero-order valence-electron chi connectivity index (χ0n) is 24.8. The molecule has 0 unspecified atom stereocenters. The molecular formula is C35H31F3N4O4. The van der Waals surface area contributed by atoms with Crippen molar-refractivity contribution in [3.8, 4) is 17.0 Å². The van der Waals surface area contributed by atoms with E-state index in [2.05, 4.69) is 10.6 Å². The molecule has 1 aliphatic carbocycles. The third-order valence-corrected chi connectivity index (χ3v) is 8.71. The number of aromatic hydroxyl groups is 1. The van der Waals surface area contributed by atoms with Crippen LogP contribution in [0.1, 0.15) is 57.9 Å². The van der Waals surface area contributed by atoms with E-state index in [9.17, 15) is 27.9 Å². The Hall–Kier alpha value is -5.06. The van der Waals surface area contributed by atoms with Gasteiger partial charge in [0.05, 0.1) is 40.7 Å².